The van der Waals surface area contributed by atoms with Gasteiger partial charge in [-0.1, -0.05) is 30.3 Å². The Labute approximate surface area is 215 Å². The standard InChI is InChI=1S/C10H7IN2.H10I4P8/c11-10-6-9(12-7-13-10)8-4-2-1-3-5-8;5-9-1-8-2-12(3-10-6)4-11-7/h1-7H;8-11H,5-7H2/q;-4. The molecule has 0 saturated heterocycles. The van der Waals surface area contributed by atoms with Crippen LogP contribution in [0.1, 0.15) is 0 Å². The fourth-order valence-electron chi connectivity index (χ4n) is 1.28. The quantitative estimate of drug-likeness (QED) is 0.109. The number of aromatic nitrogens is 2. The van der Waals surface area contributed by atoms with Crippen molar-refractivity contribution in [1.29, 1.82) is 0 Å². The van der Waals surface area contributed by atoms with Gasteiger partial charge in [0.2, 0.25) is 0 Å². The van der Waals surface area contributed by atoms with E-state index in [0.717, 1.165) is 35.9 Å². The van der Waals surface area contributed by atoms with E-state index >= 15 is 0 Å². The molecule has 2 nitrogen and oxygen atoms in total. The maximum atomic E-state index is 4.19. The molecule has 0 bridgehead atoms. The Kier molecular flexibility index (Phi) is 22.8. The first-order valence-electron chi connectivity index (χ1n) is 6.21. The maximum absolute atomic E-state index is 4.19. The fourth-order valence-corrected chi connectivity index (χ4v) is 259. The first-order valence-corrected chi connectivity index (χ1v) is 42.0. The molecule has 1 heterocycles. The molecule has 146 valence electrons. The summed E-state index contributed by atoms with van der Waals surface area (Å²) in [5.74, 6) is 3.82. The molecule has 0 aliphatic heterocycles. The summed E-state index contributed by atoms with van der Waals surface area (Å²) in [5, 5.41) is 0. The van der Waals surface area contributed by atoms with Crippen LogP contribution in [0.5, 0.6) is 0 Å². The van der Waals surface area contributed by atoms with E-state index in [-0.39, 0.29) is 0 Å². The molecule has 7 atom stereocenters. The fraction of sp³-hybridized carbons (Fsp3) is 0. The third-order valence-corrected chi connectivity index (χ3v) is 135. The molecular weight excluding hydrogens is 1030 g/mol. The predicted octanol–water partition coefficient (Wildman–Crippen LogP) is -5.02. The third kappa shape index (κ3) is 15.0. The zero-order valence-electron chi connectivity index (χ0n) is 12.5. The minimum atomic E-state index is 0.683. The van der Waals surface area contributed by atoms with Crippen molar-refractivity contribution in [3.8, 4) is 11.3 Å². The Bertz CT molecular complexity index is 580. The van der Waals surface area contributed by atoms with E-state index in [4.69, 9.17) is 0 Å². The summed E-state index contributed by atoms with van der Waals surface area (Å²) in [6, 6.07) is 12.1. The first kappa shape index (κ1) is 28.4. The molecule has 7 unspecified atom stereocenters. The molecule has 0 aliphatic rings. The predicted molar refractivity (Wildman–Crippen MR) is 129 cm³/mol. The molecule has 0 spiro atoms. The van der Waals surface area contributed by atoms with Crippen molar-refractivity contribution in [3.63, 3.8) is 0 Å². The molecule has 0 N–H and O–H groups in total. The summed E-state index contributed by atoms with van der Waals surface area (Å²) in [5.41, 5.74) is 2.10. The second-order valence-corrected chi connectivity index (χ2v) is 80.0. The average Bonchev–Trinajstić information content (AvgIpc) is 2.64. The van der Waals surface area contributed by atoms with E-state index in [1.165, 1.54) is 21.6 Å². The van der Waals surface area contributed by atoms with Gasteiger partial charge in [-0.15, -0.1) is 0 Å². The van der Waals surface area contributed by atoms with Crippen LogP contribution in [0, 0.1) is 3.70 Å². The van der Waals surface area contributed by atoms with Crippen LogP contribution in [0.15, 0.2) is 42.7 Å². The van der Waals surface area contributed by atoms with Gasteiger partial charge in [0.15, 0.2) is 0 Å². The second-order valence-electron chi connectivity index (χ2n) is 3.53. The Hall–Kier alpha value is 5.39. The number of nitrogens with zero attached hydrogens (tertiary/aromatic N) is 2. The molecule has 2 rings (SSSR count). The van der Waals surface area contributed by atoms with Crippen molar-refractivity contribution in [2.45, 2.75) is 0 Å². The van der Waals surface area contributed by atoms with Crippen LogP contribution in [0.3, 0.4) is 0 Å². The number of hydrogen-bond donors (Lipinski definition) is 0. The Morgan fingerprint density at radius 1 is 0.920 bits per heavy atom. The second kappa shape index (κ2) is 20.0. The number of rotatable bonds is 9. The van der Waals surface area contributed by atoms with E-state index in [9.17, 15) is 0 Å². The van der Waals surface area contributed by atoms with Gasteiger partial charge in [-0.25, -0.2) is 9.97 Å². The molecule has 2 aromatic rings. The zero-order valence-corrected chi connectivity index (χ0v) is 31.7. The normalized spacial score (nSPS) is 14.1. The number of benzene rings is 1. The van der Waals surface area contributed by atoms with Crippen molar-refractivity contribution in [2.24, 2.45) is 0 Å². The van der Waals surface area contributed by atoms with E-state index in [1.807, 2.05) is 36.4 Å². The molecule has 0 fully saturated rings. The molecule has 0 aliphatic carbocycles. The minimum absolute atomic E-state index is 0.683. The van der Waals surface area contributed by atoms with Crippen LogP contribution in [0.4, 0.5) is 0 Å². The van der Waals surface area contributed by atoms with Gasteiger partial charge in [-0.3, -0.25) is 0 Å². The summed E-state index contributed by atoms with van der Waals surface area (Å²) in [4.78, 5) is 8.23. The molecule has 0 radical (unpaired) electrons. The van der Waals surface area contributed by atoms with Crippen LogP contribution >= 0.6 is 71.8 Å². The number of hydrogen-bond acceptors (Lipinski definition) is 2. The monoisotopic (exact) mass is 1050 g/mol. The van der Waals surface area contributed by atoms with Crippen molar-refractivity contribution >= 4 is 71.8 Å². The van der Waals surface area contributed by atoms with E-state index in [2.05, 4.69) is 59.3 Å². The van der Waals surface area contributed by atoms with Gasteiger partial charge in [0, 0.05) is 5.56 Å². The number of halogens is 5. The average molecular weight is 1050 g/mol. The van der Waals surface area contributed by atoms with Gasteiger partial charge in [-0.2, -0.15) is 0 Å². The summed E-state index contributed by atoms with van der Waals surface area (Å²) in [7, 11) is 8.91. The topological polar surface area (TPSA) is 25.8 Å². The van der Waals surface area contributed by atoms with E-state index < -0.39 is 0 Å². The van der Waals surface area contributed by atoms with Crippen LogP contribution < -0.4 is 80.4 Å². The summed E-state index contributed by atoms with van der Waals surface area (Å²) >= 11 is 5.04. The SMILES string of the molecule is Ic1cc(-c2ccccc2)ncn1.PP[I-]P[I-]P([I-]PP)[I-]PP. The molecule has 0 amide bonds. The summed E-state index contributed by atoms with van der Waals surface area (Å²) in [6.45, 7) is 0. The van der Waals surface area contributed by atoms with E-state index in [1.54, 1.807) is 6.33 Å². The zero-order chi connectivity index (χ0) is 18.3. The van der Waals surface area contributed by atoms with Gasteiger partial charge >= 0.3 is 130 Å². The van der Waals surface area contributed by atoms with Gasteiger partial charge in [0.25, 0.3) is 0 Å². The van der Waals surface area contributed by atoms with Crippen LogP contribution in [0.2, 0.25) is 0 Å². The van der Waals surface area contributed by atoms with Crippen LogP contribution in [-0.4, -0.2) is 9.97 Å². The van der Waals surface area contributed by atoms with Gasteiger partial charge < -0.3 is 0 Å². The van der Waals surface area contributed by atoms with E-state index in [0.29, 0.717) is 60.3 Å². The molecule has 1 aromatic carbocycles. The summed E-state index contributed by atoms with van der Waals surface area (Å²) in [6.07, 6.45) is 1.59. The Morgan fingerprint density at radius 3 is 2.16 bits per heavy atom. The summed E-state index contributed by atoms with van der Waals surface area (Å²) < 4.78 is 3.26. The Morgan fingerprint density at radius 2 is 1.60 bits per heavy atom. The van der Waals surface area contributed by atoms with Gasteiger partial charge in [0.1, 0.15) is 10.0 Å². The molecule has 1 aromatic heterocycles. The van der Waals surface area contributed by atoms with Crippen molar-refractivity contribution in [2.75, 3.05) is 0 Å². The van der Waals surface area contributed by atoms with Crippen LogP contribution in [-0.2, 0) is 0 Å². The molecular formula is C10H17I5N2P8-4. The molecule has 25 heavy (non-hydrogen) atoms. The van der Waals surface area contributed by atoms with Gasteiger partial charge in [-0.05, 0) is 28.7 Å². The molecule has 0 saturated carbocycles. The molecule has 15 heteroatoms. The van der Waals surface area contributed by atoms with Crippen molar-refractivity contribution in [3.05, 3.63) is 46.4 Å². The first-order chi connectivity index (χ1) is 12.2. The van der Waals surface area contributed by atoms with Gasteiger partial charge in [0.05, 0.1) is 5.69 Å². The van der Waals surface area contributed by atoms with Crippen LogP contribution in [0.25, 0.3) is 11.3 Å². The van der Waals surface area contributed by atoms with Crippen molar-refractivity contribution < 1.29 is 80.4 Å². The Balaban J connectivity index is 0.000000252. The van der Waals surface area contributed by atoms with Crippen molar-refractivity contribution in [1.82, 2.24) is 9.97 Å². The third-order valence-electron chi connectivity index (χ3n) is 2.11.